The summed E-state index contributed by atoms with van der Waals surface area (Å²) in [4.78, 5) is 35.4. The van der Waals surface area contributed by atoms with Crippen molar-refractivity contribution in [2.24, 2.45) is 5.73 Å². The van der Waals surface area contributed by atoms with Crippen LogP contribution in [0.2, 0.25) is 0 Å². The molecule has 0 saturated heterocycles. The monoisotopic (exact) mass is 294 g/mol. The highest BCUT2D eigenvalue weighted by Crippen LogP contribution is 2.20. The smallest absolute Gasteiger partial charge is 0.217 e. The molecule has 108 valence electrons. The molecular formula is C14H18N2O3S. The minimum absolute atomic E-state index is 0.150. The van der Waals surface area contributed by atoms with Crippen molar-refractivity contribution in [3.63, 3.8) is 0 Å². The highest BCUT2D eigenvalue weighted by Gasteiger charge is 2.17. The lowest BCUT2D eigenvalue weighted by Crippen LogP contribution is -2.34. The second kappa shape index (κ2) is 7.81. The second-order valence-electron chi connectivity index (χ2n) is 4.59. The van der Waals surface area contributed by atoms with E-state index in [-0.39, 0.29) is 6.42 Å². The van der Waals surface area contributed by atoms with Gasteiger partial charge < -0.3 is 10.5 Å². The van der Waals surface area contributed by atoms with Gasteiger partial charge in [-0.25, -0.2) is 0 Å². The largest absolute Gasteiger partial charge is 0.370 e. The Morgan fingerprint density at radius 3 is 2.70 bits per heavy atom. The van der Waals surface area contributed by atoms with Gasteiger partial charge >= 0.3 is 0 Å². The van der Waals surface area contributed by atoms with E-state index in [2.05, 4.69) is 12.6 Å². The molecule has 0 bridgehead atoms. The van der Waals surface area contributed by atoms with E-state index in [1.54, 1.807) is 30.1 Å². The first-order valence-electron chi connectivity index (χ1n) is 6.19. The van der Waals surface area contributed by atoms with Crippen LogP contribution in [0.4, 0.5) is 0 Å². The summed E-state index contributed by atoms with van der Waals surface area (Å²) in [7, 11) is 1.76. The SMILES string of the molecule is CN(Cc1c(S)cccc1C=O)C(C=O)CCC(N)=O. The molecule has 1 aromatic rings. The van der Waals surface area contributed by atoms with Crippen LogP contribution in [-0.4, -0.2) is 36.5 Å². The predicted octanol–water partition coefficient (Wildman–Crippen LogP) is 1.05. The van der Waals surface area contributed by atoms with Gasteiger partial charge in [-0.2, -0.15) is 0 Å². The van der Waals surface area contributed by atoms with Crippen LogP contribution >= 0.6 is 12.6 Å². The third-order valence-electron chi connectivity index (χ3n) is 3.13. The van der Waals surface area contributed by atoms with Crippen molar-refractivity contribution in [2.45, 2.75) is 30.3 Å². The number of rotatable bonds is 8. The van der Waals surface area contributed by atoms with Crippen molar-refractivity contribution in [1.82, 2.24) is 4.90 Å². The van der Waals surface area contributed by atoms with Crippen molar-refractivity contribution in [1.29, 1.82) is 0 Å². The molecule has 0 aliphatic carbocycles. The molecule has 0 aliphatic rings. The molecule has 0 saturated carbocycles. The standard InChI is InChI=1S/C14H18N2O3S/c1-16(11(9-18)5-6-14(15)19)7-12-10(8-17)3-2-4-13(12)20/h2-4,8-9,11,20H,5-7H2,1H3,(H2,15,19). The zero-order valence-corrected chi connectivity index (χ0v) is 12.2. The minimum Gasteiger partial charge on any atom is -0.370 e. The molecule has 20 heavy (non-hydrogen) atoms. The molecular weight excluding hydrogens is 276 g/mol. The number of primary amides is 1. The number of nitrogens with two attached hydrogens (primary N) is 1. The van der Waals surface area contributed by atoms with Crippen LogP contribution in [0.1, 0.15) is 28.8 Å². The van der Waals surface area contributed by atoms with Crippen LogP contribution in [0.5, 0.6) is 0 Å². The van der Waals surface area contributed by atoms with Crippen molar-refractivity contribution in [3.05, 3.63) is 29.3 Å². The van der Waals surface area contributed by atoms with Gasteiger partial charge in [0.2, 0.25) is 5.91 Å². The molecule has 0 spiro atoms. The average Bonchev–Trinajstić information content (AvgIpc) is 2.41. The summed E-state index contributed by atoms with van der Waals surface area (Å²) in [5, 5.41) is 0. The first-order chi connectivity index (χ1) is 9.49. The zero-order chi connectivity index (χ0) is 15.1. The van der Waals surface area contributed by atoms with Gasteiger partial charge in [0, 0.05) is 23.4 Å². The number of amides is 1. The Balaban J connectivity index is 2.83. The number of thiol groups is 1. The van der Waals surface area contributed by atoms with Gasteiger partial charge in [-0.3, -0.25) is 14.5 Å². The maximum absolute atomic E-state index is 11.1. The molecule has 0 heterocycles. The predicted molar refractivity (Wildman–Crippen MR) is 78.8 cm³/mol. The quantitative estimate of drug-likeness (QED) is 0.555. The van der Waals surface area contributed by atoms with E-state index in [9.17, 15) is 14.4 Å². The Labute approximate surface area is 123 Å². The zero-order valence-electron chi connectivity index (χ0n) is 11.3. The summed E-state index contributed by atoms with van der Waals surface area (Å²) >= 11 is 4.33. The molecule has 0 aromatic heterocycles. The fourth-order valence-corrected chi connectivity index (χ4v) is 2.21. The van der Waals surface area contributed by atoms with Gasteiger partial charge in [0.25, 0.3) is 0 Å². The molecule has 0 fully saturated rings. The number of carbonyl (C=O) groups excluding carboxylic acids is 3. The van der Waals surface area contributed by atoms with Gasteiger partial charge in [0.05, 0.1) is 6.04 Å². The number of nitrogens with zero attached hydrogens (tertiary/aromatic N) is 1. The van der Waals surface area contributed by atoms with Crippen molar-refractivity contribution in [2.75, 3.05) is 7.05 Å². The van der Waals surface area contributed by atoms with Crippen LogP contribution in [0.15, 0.2) is 23.1 Å². The fraction of sp³-hybridized carbons (Fsp3) is 0.357. The molecule has 6 heteroatoms. The van der Waals surface area contributed by atoms with Crippen LogP contribution in [0.3, 0.4) is 0 Å². The lowest BCUT2D eigenvalue weighted by molar-refractivity contribution is -0.118. The summed E-state index contributed by atoms with van der Waals surface area (Å²) in [6, 6.07) is 4.82. The fourth-order valence-electron chi connectivity index (χ4n) is 1.92. The number of hydrogen-bond donors (Lipinski definition) is 2. The molecule has 1 unspecified atom stereocenters. The molecule has 1 amide bonds. The molecule has 0 radical (unpaired) electrons. The van der Waals surface area contributed by atoms with E-state index in [0.717, 1.165) is 18.1 Å². The maximum atomic E-state index is 11.1. The number of carbonyl (C=O) groups is 3. The van der Waals surface area contributed by atoms with E-state index >= 15 is 0 Å². The van der Waals surface area contributed by atoms with Crippen LogP contribution < -0.4 is 5.73 Å². The molecule has 1 atom stereocenters. The van der Waals surface area contributed by atoms with Crippen LogP contribution in [0, 0.1) is 0 Å². The van der Waals surface area contributed by atoms with Crippen molar-refractivity contribution >= 4 is 31.1 Å². The van der Waals surface area contributed by atoms with Crippen molar-refractivity contribution in [3.8, 4) is 0 Å². The molecule has 1 aromatic carbocycles. The Kier molecular flexibility index (Phi) is 6.41. The maximum Gasteiger partial charge on any atom is 0.217 e. The molecule has 0 aliphatic heterocycles. The minimum atomic E-state index is -0.437. The third kappa shape index (κ3) is 4.47. The topological polar surface area (TPSA) is 80.5 Å². The molecule has 5 nitrogen and oxygen atoms in total. The summed E-state index contributed by atoms with van der Waals surface area (Å²) in [5.74, 6) is -0.437. The summed E-state index contributed by atoms with van der Waals surface area (Å²) in [6.07, 6.45) is 2.06. The number of hydrogen-bond acceptors (Lipinski definition) is 5. The van der Waals surface area contributed by atoms with E-state index in [1.165, 1.54) is 0 Å². The van der Waals surface area contributed by atoms with Gasteiger partial charge in [-0.15, -0.1) is 12.6 Å². The lowest BCUT2D eigenvalue weighted by Gasteiger charge is -2.24. The summed E-state index contributed by atoms with van der Waals surface area (Å²) < 4.78 is 0. The normalized spacial score (nSPS) is 12.2. The van der Waals surface area contributed by atoms with Crippen LogP contribution in [0.25, 0.3) is 0 Å². The third-order valence-corrected chi connectivity index (χ3v) is 3.55. The number of aldehydes is 2. The molecule has 2 N–H and O–H groups in total. The lowest BCUT2D eigenvalue weighted by atomic mass is 10.1. The number of likely N-dealkylation sites (N-methyl/N-ethyl adjacent to an activating group) is 1. The van der Waals surface area contributed by atoms with E-state index in [0.29, 0.717) is 23.4 Å². The van der Waals surface area contributed by atoms with Crippen molar-refractivity contribution < 1.29 is 14.4 Å². The highest BCUT2D eigenvalue weighted by atomic mass is 32.1. The van der Waals surface area contributed by atoms with Gasteiger partial charge in [0.15, 0.2) is 0 Å². The van der Waals surface area contributed by atoms with E-state index in [4.69, 9.17) is 5.73 Å². The second-order valence-corrected chi connectivity index (χ2v) is 5.07. The number of benzene rings is 1. The molecule has 1 rings (SSSR count). The summed E-state index contributed by atoms with van der Waals surface area (Å²) in [6.45, 7) is 0.399. The average molecular weight is 294 g/mol. The highest BCUT2D eigenvalue weighted by molar-refractivity contribution is 7.80. The summed E-state index contributed by atoms with van der Waals surface area (Å²) in [5.41, 5.74) is 6.39. The van der Waals surface area contributed by atoms with Gasteiger partial charge in [-0.05, 0) is 25.1 Å². The Hall–Kier alpha value is -1.66. The van der Waals surface area contributed by atoms with Gasteiger partial charge in [-0.1, -0.05) is 12.1 Å². The Bertz CT molecular complexity index is 505. The first-order valence-corrected chi connectivity index (χ1v) is 6.64. The Morgan fingerprint density at radius 2 is 2.15 bits per heavy atom. The Morgan fingerprint density at radius 1 is 1.45 bits per heavy atom. The van der Waals surface area contributed by atoms with E-state index < -0.39 is 11.9 Å². The van der Waals surface area contributed by atoms with E-state index in [1.807, 2.05) is 0 Å². The van der Waals surface area contributed by atoms with Gasteiger partial charge in [0.1, 0.15) is 12.6 Å². The first kappa shape index (κ1) is 16.4. The van der Waals surface area contributed by atoms with Crippen LogP contribution in [-0.2, 0) is 16.1 Å².